The van der Waals surface area contributed by atoms with E-state index in [0.717, 1.165) is 36.3 Å². The summed E-state index contributed by atoms with van der Waals surface area (Å²) in [6.45, 7) is 3.30. The zero-order valence-electron chi connectivity index (χ0n) is 17.9. The molecule has 1 aliphatic rings. The third-order valence-electron chi connectivity index (χ3n) is 5.23. The van der Waals surface area contributed by atoms with E-state index in [1.165, 1.54) is 25.1 Å². The summed E-state index contributed by atoms with van der Waals surface area (Å²) in [7, 11) is 0. The van der Waals surface area contributed by atoms with Crippen molar-refractivity contribution in [1.29, 1.82) is 0 Å². The molecule has 0 saturated heterocycles. The standard InChI is InChI=1S/C24H29N3O3S/c1-16(23(29)26-20-13-11-19(12-14-20)25-17(2)28)31-22-10-6-9-21(15-22)27-24(30)18-7-4-3-5-8-18/h6,9-16,18H,3-5,7-8H2,1-2H3,(H,25,28)(H,26,29)(H,27,30). The van der Waals surface area contributed by atoms with Gasteiger partial charge >= 0.3 is 0 Å². The molecule has 2 aromatic carbocycles. The van der Waals surface area contributed by atoms with Gasteiger partial charge in [-0.15, -0.1) is 11.8 Å². The number of anilines is 3. The SMILES string of the molecule is CC(=O)Nc1ccc(NC(=O)C(C)Sc2cccc(NC(=O)C3CCCCC3)c2)cc1. The van der Waals surface area contributed by atoms with Crippen molar-refractivity contribution in [2.45, 2.75) is 56.1 Å². The number of amides is 3. The van der Waals surface area contributed by atoms with Crippen molar-refractivity contribution in [3.63, 3.8) is 0 Å². The van der Waals surface area contributed by atoms with Crippen LogP contribution in [0.2, 0.25) is 0 Å². The van der Waals surface area contributed by atoms with Crippen molar-refractivity contribution >= 4 is 46.5 Å². The number of benzene rings is 2. The number of carbonyl (C=O) groups is 3. The van der Waals surface area contributed by atoms with E-state index in [4.69, 9.17) is 0 Å². The molecule has 3 N–H and O–H groups in total. The highest BCUT2D eigenvalue weighted by atomic mass is 32.2. The summed E-state index contributed by atoms with van der Waals surface area (Å²) >= 11 is 1.44. The number of hydrogen-bond acceptors (Lipinski definition) is 4. The maximum absolute atomic E-state index is 12.6. The van der Waals surface area contributed by atoms with Crippen LogP contribution in [0, 0.1) is 5.92 Å². The lowest BCUT2D eigenvalue weighted by Gasteiger charge is -2.21. The number of thioether (sulfide) groups is 1. The first-order valence-electron chi connectivity index (χ1n) is 10.7. The van der Waals surface area contributed by atoms with Gasteiger partial charge in [0.15, 0.2) is 0 Å². The molecule has 6 nitrogen and oxygen atoms in total. The van der Waals surface area contributed by atoms with Crippen LogP contribution in [0.3, 0.4) is 0 Å². The van der Waals surface area contributed by atoms with Gasteiger partial charge in [-0.2, -0.15) is 0 Å². The van der Waals surface area contributed by atoms with E-state index >= 15 is 0 Å². The second kappa shape index (κ2) is 11.0. The molecular formula is C24H29N3O3S. The molecule has 0 radical (unpaired) electrons. The molecule has 0 heterocycles. The fourth-order valence-corrected chi connectivity index (χ4v) is 4.52. The molecule has 164 valence electrons. The molecule has 2 aromatic rings. The fourth-order valence-electron chi connectivity index (χ4n) is 3.60. The molecule has 31 heavy (non-hydrogen) atoms. The second-order valence-electron chi connectivity index (χ2n) is 7.86. The third kappa shape index (κ3) is 7.14. The monoisotopic (exact) mass is 439 g/mol. The van der Waals surface area contributed by atoms with Crippen molar-refractivity contribution in [1.82, 2.24) is 0 Å². The Balaban J connectivity index is 1.54. The molecule has 0 spiro atoms. The van der Waals surface area contributed by atoms with Crippen molar-refractivity contribution in [2.75, 3.05) is 16.0 Å². The molecule has 3 amide bonds. The first-order chi connectivity index (χ1) is 14.9. The van der Waals surface area contributed by atoms with Gasteiger partial charge < -0.3 is 16.0 Å². The van der Waals surface area contributed by atoms with Crippen LogP contribution in [0.5, 0.6) is 0 Å². The summed E-state index contributed by atoms with van der Waals surface area (Å²) in [4.78, 5) is 37.1. The predicted molar refractivity (Wildman–Crippen MR) is 126 cm³/mol. The van der Waals surface area contributed by atoms with E-state index in [1.807, 2.05) is 31.2 Å². The highest BCUT2D eigenvalue weighted by Gasteiger charge is 2.21. The zero-order chi connectivity index (χ0) is 22.2. The molecule has 1 atom stereocenters. The quantitative estimate of drug-likeness (QED) is 0.512. The van der Waals surface area contributed by atoms with Gasteiger partial charge in [0.2, 0.25) is 17.7 Å². The van der Waals surface area contributed by atoms with Gasteiger partial charge in [-0.3, -0.25) is 14.4 Å². The maximum atomic E-state index is 12.6. The van der Waals surface area contributed by atoms with Crippen LogP contribution in [-0.2, 0) is 14.4 Å². The molecule has 7 heteroatoms. The number of hydrogen-bond donors (Lipinski definition) is 3. The minimum atomic E-state index is -0.320. The largest absolute Gasteiger partial charge is 0.326 e. The Morgan fingerprint density at radius 3 is 2.16 bits per heavy atom. The van der Waals surface area contributed by atoms with Crippen LogP contribution < -0.4 is 16.0 Å². The maximum Gasteiger partial charge on any atom is 0.237 e. The van der Waals surface area contributed by atoms with Crippen molar-refractivity contribution in [2.24, 2.45) is 5.92 Å². The van der Waals surface area contributed by atoms with Gasteiger partial charge in [0.25, 0.3) is 0 Å². The van der Waals surface area contributed by atoms with Gasteiger partial charge in [-0.25, -0.2) is 0 Å². The number of carbonyl (C=O) groups excluding carboxylic acids is 3. The predicted octanol–water partition coefficient (Wildman–Crippen LogP) is 5.28. The van der Waals surface area contributed by atoms with Crippen LogP contribution in [0.25, 0.3) is 0 Å². The van der Waals surface area contributed by atoms with Crippen LogP contribution in [0.4, 0.5) is 17.1 Å². The highest BCUT2D eigenvalue weighted by Crippen LogP contribution is 2.28. The summed E-state index contributed by atoms with van der Waals surface area (Å²) < 4.78 is 0. The molecule has 3 rings (SSSR count). The van der Waals surface area contributed by atoms with E-state index in [2.05, 4.69) is 16.0 Å². The Morgan fingerprint density at radius 1 is 0.871 bits per heavy atom. The van der Waals surface area contributed by atoms with Crippen LogP contribution >= 0.6 is 11.8 Å². The Hall–Kier alpha value is -2.80. The smallest absolute Gasteiger partial charge is 0.237 e. The Labute approximate surface area is 187 Å². The summed E-state index contributed by atoms with van der Waals surface area (Å²) in [6.07, 6.45) is 5.38. The summed E-state index contributed by atoms with van der Waals surface area (Å²) in [5, 5.41) is 8.29. The van der Waals surface area contributed by atoms with Crippen LogP contribution in [0.15, 0.2) is 53.4 Å². The van der Waals surface area contributed by atoms with E-state index in [9.17, 15) is 14.4 Å². The molecule has 0 aromatic heterocycles. The summed E-state index contributed by atoms with van der Waals surface area (Å²) in [6, 6.07) is 14.6. The van der Waals surface area contributed by atoms with Gasteiger partial charge in [0.1, 0.15) is 0 Å². The van der Waals surface area contributed by atoms with Gasteiger partial charge in [0, 0.05) is 34.8 Å². The lowest BCUT2D eigenvalue weighted by molar-refractivity contribution is -0.120. The fraction of sp³-hybridized carbons (Fsp3) is 0.375. The number of rotatable bonds is 7. The first-order valence-corrected chi connectivity index (χ1v) is 11.5. The zero-order valence-corrected chi connectivity index (χ0v) is 18.8. The Kier molecular flexibility index (Phi) is 8.12. The lowest BCUT2D eigenvalue weighted by Crippen LogP contribution is -2.24. The molecule has 1 fully saturated rings. The Bertz CT molecular complexity index is 924. The topological polar surface area (TPSA) is 87.3 Å². The van der Waals surface area contributed by atoms with Crippen LogP contribution in [0.1, 0.15) is 46.0 Å². The molecule has 0 aliphatic heterocycles. The minimum absolute atomic E-state index is 0.0929. The van der Waals surface area contributed by atoms with Gasteiger partial charge in [0.05, 0.1) is 5.25 Å². The van der Waals surface area contributed by atoms with E-state index in [0.29, 0.717) is 11.4 Å². The molecule has 1 aliphatic carbocycles. The molecule has 0 bridgehead atoms. The first kappa shape index (κ1) is 22.9. The van der Waals surface area contributed by atoms with Crippen molar-refractivity contribution < 1.29 is 14.4 Å². The van der Waals surface area contributed by atoms with Crippen molar-refractivity contribution in [3.05, 3.63) is 48.5 Å². The molecule has 1 unspecified atom stereocenters. The lowest BCUT2D eigenvalue weighted by atomic mass is 9.88. The Morgan fingerprint density at radius 2 is 1.52 bits per heavy atom. The normalized spacial score (nSPS) is 15.0. The molecule has 1 saturated carbocycles. The number of nitrogens with one attached hydrogen (secondary N) is 3. The average molecular weight is 440 g/mol. The summed E-state index contributed by atoms with van der Waals surface area (Å²) in [5.74, 6) is -0.0602. The van der Waals surface area contributed by atoms with Gasteiger partial charge in [-0.1, -0.05) is 25.3 Å². The van der Waals surface area contributed by atoms with Gasteiger partial charge in [-0.05, 0) is 62.2 Å². The van der Waals surface area contributed by atoms with E-state index in [-0.39, 0.29) is 28.9 Å². The second-order valence-corrected chi connectivity index (χ2v) is 9.27. The average Bonchev–Trinajstić information content (AvgIpc) is 2.75. The van der Waals surface area contributed by atoms with E-state index in [1.54, 1.807) is 24.3 Å². The minimum Gasteiger partial charge on any atom is -0.326 e. The third-order valence-corrected chi connectivity index (χ3v) is 6.33. The summed E-state index contributed by atoms with van der Waals surface area (Å²) in [5.41, 5.74) is 2.11. The van der Waals surface area contributed by atoms with E-state index < -0.39 is 0 Å². The van der Waals surface area contributed by atoms with Crippen molar-refractivity contribution in [3.8, 4) is 0 Å². The van der Waals surface area contributed by atoms with Crippen LogP contribution in [-0.4, -0.2) is 23.0 Å². The highest BCUT2D eigenvalue weighted by molar-refractivity contribution is 8.00. The molecular weight excluding hydrogens is 410 g/mol.